The fraction of sp³-hybridized carbons (Fsp3) is 0.481. The van der Waals surface area contributed by atoms with Crippen LogP contribution in [0.2, 0.25) is 0 Å². The Morgan fingerprint density at radius 3 is 2.82 bits per heavy atom. The molecule has 0 amide bonds. The molecule has 1 unspecified atom stereocenters. The van der Waals surface area contributed by atoms with Gasteiger partial charge in [-0.2, -0.15) is 4.31 Å². The van der Waals surface area contributed by atoms with E-state index in [1.165, 1.54) is 10.5 Å². The number of ether oxygens (including phenoxy) is 2. The van der Waals surface area contributed by atoms with Crippen LogP contribution in [0.5, 0.6) is 5.75 Å². The van der Waals surface area contributed by atoms with Gasteiger partial charge in [0.05, 0.1) is 25.3 Å². The molecule has 2 atom stereocenters. The maximum Gasteiger partial charge on any atom is 0.306 e. The number of esters is 1. The summed E-state index contributed by atoms with van der Waals surface area (Å²) in [5.41, 5.74) is 3.65. The van der Waals surface area contributed by atoms with E-state index < -0.39 is 10.0 Å². The maximum atomic E-state index is 13.5. The van der Waals surface area contributed by atoms with Crippen LogP contribution in [0, 0.1) is 6.92 Å². The van der Waals surface area contributed by atoms with Gasteiger partial charge in [0, 0.05) is 25.5 Å². The van der Waals surface area contributed by atoms with Crippen LogP contribution in [0.3, 0.4) is 0 Å². The van der Waals surface area contributed by atoms with Gasteiger partial charge >= 0.3 is 5.97 Å². The summed E-state index contributed by atoms with van der Waals surface area (Å²) >= 11 is 0. The molecular weight excluding hydrogens is 506 g/mol. The van der Waals surface area contributed by atoms with Crippen molar-refractivity contribution in [2.45, 2.75) is 77.1 Å². The quantitative estimate of drug-likeness (QED) is 0.357. The fourth-order valence-electron chi connectivity index (χ4n) is 4.61. The standard InChI is InChI=1S/C27H35N5O5S/c1-5-31-18-24(29-30-31)12-11-22(15-26(33)36-6-2)21-10-9-19(3)23(14-21)17-32-16-20(4)37-25-8-7-13-28-27(25)38(32,34)35/h7-10,13-14,18,20,22H,5-6,11-12,15-17H2,1-4H3/t20-,22?/m1/s1. The van der Waals surface area contributed by atoms with Crippen LogP contribution in [-0.2, 0) is 39.1 Å². The average Bonchev–Trinajstić information content (AvgIpc) is 3.32. The molecule has 0 radical (unpaired) electrons. The van der Waals surface area contributed by atoms with Gasteiger partial charge in [-0.05, 0) is 75.3 Å². The molecule has 1 aliphatic rings. The summed E-state index contributed by atoms with van der Waals surface area (Å²) < 4.78 is 41.3. The summed E-state index contributed by atoms with van der Waals surface area (Å²) in [6.45, 7) is 9.02. The molecule has 1 aliphatic heterocycles. The molecule has 2 aromatic heterocycles. The second-order valence-corrected chi connectivity index (χ2v) is 11.4. The fourth-order valence-corrected chi connectivity index (χ4v) is 6.14. The first-order valence-electron chi connectivity index (χ1n) is 13.0. The number of carbonyl (C=O) groups is 1. The Hall–Kier alpha value is -3.31. The molecule has 1 aromatic carbocycles. The van der Waals surface area contributed by atoms with Crippen molar-refractivity contribution in [2.24, 2.45) is 0 Å². The number of rotatable bonds is 10. The molecule has 0 spiro atoms. The first kappa shape index (κ1) is 27.7. The summed E-state index contributed by atoms with van der Waals surface area (Å²) in [5.74, 6) is -0.117. The maximum absolute atomic E-state index is 13.5. The number of benzene rings is 1. The highest BCUT2D eigenvalue weighted by molar-refractivity contribution is 7.89. The summed E-state index contributed by atoms with van der Waals surface area (Å²) in [5, 5.41) is 8.27. The van der Waals surface area contributed by atoms with Crippen LogP contribution in [0.15, 0.2) is 47.8 Å². The van der Waals surface area contributed by atoms with E-state index in [4.69, 9.17) is 9.47 Å². The van der Waals surface area contributed by atoms with Gasteiger partial charge in [0.25, 0.3) is 10.0 Å². The Kier molecular flexibility index (Phi) is 8.78. The van der Waals surface area contributed by atoms with Crippen molar-refractivity contribution in [3.63, 3.8) is 0 Å². The van der Waals surface area contributed by atoms with E-state index in [-0.39, 0.29) is 48.3 Å². The topological polar surface area (TPSA) is 117 Å². The molecule has 11 heteroatoms. The predicted octanol–water partition coefficient (Wildman–Crippen LogP) is 3.64. The molecule has 0 fully saturated rings. The summed E-state index contributed by atoms with van der Waals surface area (Å²) in [6.07, 6.45) is 4.59. The van der Waals surface area contributed by atoms with E-state index >= 15 is 0 Å². The molecule has 204 valence electrons. The highest BCUT2D eigenvalue weighted by atomic mass is 32.2. The number of hydrogen-bond acceptors (Lipinski definition) is 8. The largest absolute Gasteiger partial charge is 0.486 e. The van der Waals surface area contributed by atoms with Crippen molar-refractivity contribution < 1.29 is 22.7 Å². The van der Waals surface area contributed by atoms with Crippen molar-refractivity contribution >= 4 is 16.0 Å². The summed E-state index contributed by atoms with van der Waals surface area (Å²) in [7, 11) is -3.87. The lowest BCUT2D eigenvalue weighted by Gasteiger charge is -2.23. The highest BCUT2D eigenvalue weighted by Gasteiger charge is 2.35. The summed E-state index contributed by atoms with van der Waals surface area (Å²) in [4.78, 5) is 16.6. The molecule has 3 heterocycles. The van der Waals surface area contributed by atoms with Crippen LogP contribution in [0.4, 0.5) is 0 Å². The Labute approximate surface area is 224 Å². The first-order valence-corrected chi connectivity index (χ1v) is 14.4. The Bertz CT molecular complexity index is 1370. The van der Waals surface area contributed by atoms with Crippen LogP contribution in [0.25, 0.3) is 0 Å². The third-order valence-corrected chi connectivity index (χ3v) is 8.43. The predicted molar refractivity (Wildman–Crippen MR) is 141 cm³/mol. The molecule has 10 nitrogen and oxygen atoms in total. The molecule has 4 rings (SSSR count). The third-order valence-electron chi connectivity index (χ3n) is 6.68. The number of carbonyl (C=O) groups excluding carboxylic acids is 1. The second-order valence-electron chi connectivity index (χ2n) is 9.53. The first-order chi connectivity index (χ1) is 18.2. The van der Waals surface area contributed by atoms with E-state index in [0.29, 0.717) is 19.4 Å². The van der Waals surface area contributed by atoms with Crippen molar-refractivity contribution in [2.75, 3.05) is 13.2 Å². The third kappa shape index (κ3) is 6.39. The Morgan fingerprint density at radius 2 is 2.08 bits per heavy atom. The molecular formula is C27H35N5O5S. The smallest absolute Gasteiger partial charge is 0.306 e. The molecule has 0 bridgehead atoms. The highest BCUT2D eigenvalue weighted by Crippen LogP contribution is 2.32. The summed E-state index contributed by atoms with van der Waals surface area (Å²) in [6, 6.07) is 9.28. The number of aryl methyl sites for hydroxylation is 3. The van der Waals surface area contributed by atoms with Gasteiger partial charge in [-0.3, -0.25) is 9.48 Å². The van der Waals surface area contributed by atoms with Gasteiger partial charge in [-0.25, -0.2) is 13.4 Å². The lowest BCUT2D eigenvalue weighted by atomic mass is 9.88. The van der Waals surface area contributed by atoms with Gasteiger partial charge in [0.2, 0.25) is 5.03 Å². The van der Waals surface area contributed by atoms with Crippen LogP contribution in [-0.4, -0.2) is 57.9 Å². The molecule has 0 saturated carbocycles. The lowest BCUT2D eigenvalue weighted by Crippen LogP contribution is -2.35. The van der Waals surface area contributed by atoms with Crippen LogP contribution >= 0.6 is 0 Å². The second kappa shape index (κ2) is 12.0. The molecule has 0 saturated heterocycles. The minimum atomic E-state index is -3.87. The minimum absolute atomic E-state index is 0.0709. The number of fused-ring (bicyclic) bond motifs is 1. The van der Waals surface area contributed by atoms with Crippen LogP contribution in [0.1, 0.15) is 61.9 Å². The van der Waals surface area contributed by atoms with Crippen molar-refractivity contribution in [3.05, 3.63) is 65.1 Å². The van der Waals surface area contributed by atoms with Gasteiger partial charge in [0.1, 0.15) is 6.10 Å². The normalized spacial score (nSPS) is 17.7. The van der Waals surface area contributed by atoms with E-state index in [1.807, 2.05) is 45.2 Å². The Morgan fingerprint density at radius 1 is 1.26 bits per heavy atom. The molecule has 38 heavy (non-hydrogen) atoms. The number of pyridine rings is 1. The zero-order valence-corrected chi connectivity index (χ0v) is 23.1. The number of aromatic nitrogens is 4. The molecule has 3 aromatic rings. The average molecular weight is 542 g/mol. The number of sulfonamides is 1. The number of hydrogen-bond donors (Lipinski definition) is 0. The molecule has 0 aliphatic carbocycles. The van der Waals surface area contributed by atoms with Gasteiger partial charge in [-0.1, -0.05) is 23.4 Å². The molecule has 0 N–H and O–H groups in total. The Balaban J connectivity index is 1.61. The van der Waals surface area contributed by atoms with Crippen LogP contribution < -0.4 is 4.74 Å². The van der Waals surface area contributed by atoms with Crippen molar-refractivity contribution in [1.29, 1.82) is 0 Å². The lowest BCUT2D eigenvalue weighted by molar-refractivity contribution is -0.143. The van der Waals surface area contributed by atoms with Gasteiger partial charge in [-0.15, -0.1) is 5.10 Å². The SMILES string of the molecule is CCOC(=O)CC(CCc1cn(CC)nn1)c1ccc(C)c(CN2C[C@@H](C)Oc3cccnc3S2(=O)=O)c1. The van der Waals surface area contributed by atoms with E-state index in [0.717, 1.165) is 28.9 Å². The van der Waals surface area contributed by atoms with E-state index in [2.05, 4.69) is 15.3 Å². The van der Waals surface area contributed by atoms with E-state index in [1.54, 1.807) is 23.7 Å². The zero-order chi connectivity index (χ0) is 27.3. The monoisotopic (exact) mass is 541 g/mol. The van der Waals surface area contributed by atoms with Gasteiger partial charge in [0.15, 0.2) is 5.75 Å². The van der Waals surface area contributed by atoms with Crippen molar-refractivity contribution in [3.8, 4) is 5.75 Å². The number of nitrogens with zero attached hydrogens (tertiary/aromatic N) is 5. The zero-order valence-electron chi connectivity index (χ0n) is 22.3. The van der Waals surface area contributed by atoms with E-state index in [9.17, 15) is 13.2 Å². The minimum Gasteiger partial charge on any atom is -0.486 e. The van der Waals surface area contributed by atoms with Gasteiger partial charge < -0.3 is 9.47 Å². The van der Waals surface area contributed by atoms with Crippen molar-refractivity contribution in [1.82, 2.24) is 24.3 Å².